The van der Waals surface area contributed by atoms with Gasteiger partial charge in [-0.1, -0.05) is 30.3 Å². The van der Waals surface area contributed by atoms with E-state index in [0.29, 0.717) is 5.56 Å². The Morgan fingerprint density at radius 3 is 2.61 bits per heavy atom. The zero-order chi connectivity index (χ0) is 13.0. The second-order valence-corrected chi connectivity index (χ2v) is 5.59. The minimum atomic E-state index is -0.931. The van der Waals surface area contributed by atoms with Crippen molar-refractivity contribution in [1.82, 2.24) is 0 Å². The van der Waals surface area contributed by atoms with Gasteiger partial charge in [0.25, 0.3) is 0 Å². The Labute approximate surface area is 111 Å². The highest BCUT2D eigenvalue weighted by atomic mass is 32.2. The first kappa shape index (κ1) is 13.6. The van der Waals surface area contributed by atoms with Gasteiger partial charge in [0.05, 0.1) is 12.1 Å². The van der Waals surface area contributed by atoms with Crippen molar-refractivity contribution in [3.63, 3.8) is 0 Å². The summed E-state index contributed by atoms with van der Waals surface area (Å²) < 4.78 is 12.4. The molecule has 1 aliphatic rings. The Kier molecular flexibility index (Phi) is 4.80. The number of alkyl halides is 1. The van der Waals surface area contributed by atoms with Crippen molar-refractivity contribution >= 4 is 17.3 Å². The van der Waals surface area contributed by atoms with Crippen molar-refractivity contribution in [3.8, 4) is 0 Å². The van der Waals surface area contributed by atoms with E-state index in [2.05, 4.69) is 6.08 Å². The van der Waals surface area contributed by atoms with E-state index in [4.69, 9.17) is 5.73 Å². The smallest absolute Gasteiger partial charge is 0.107 e. The molecule has 1 aromatic carbocycles. The van der Waals surface area contributed by atoms with Gasteiger partial charge in [0.15, 0.2) is 0 Å². The van der Waals surface area contributed by atoms with Gasteiger partial charge in [-0.25, -0.2) is 4.39 Å². The van der Waals surface area contributed by atoms with Gasteiger partial charge in [0.2, 0.25) is 0 Å². The van der Waals surface area contributed by atoms with Crippen LogP contribution in [0, 0.1) is 0 Å². The highest BCUT2D eigenvalue weighted by Crippen LogP contribution is 2.27. The van der Waals surface area contributed by atoms with Gasteiger partial charge in [-0.2, -0.15) is 11.8 Å². The molecule has 0 saturated heterocycles. The molecule has 1 aliphatic heterocycles. The molecule has 2 rings (SSSR count). The lowest BCUT2D eigenvalue weighted by Gasteiger charge is -2.17. The van der Waals surface area contributed by atoms with Crippen LogP contribution in [-0.4, -0.2) is 29.3 Å². The fraction of sp³-hybridized carbons (Fsp3) is 0.429. The third kappa shape index (κ3) is 3.13. The molecule has 98 valence electrons. The van der Waals surface area contributed by atoms with Crippen LogP contribution in [0.5, 0.6) is 0 Å². The molecule has 0 fully saturated rings. The maximum atomic E-state index is 12.4. The lowest BCUT2D eigenvalue weighted by atomic mass is 9.98. The minimum absolute atomic E-state index is 0.676. The quantitative estimate of drug-likeness (QED) is 0.881. The molecule has 18 heavy (non-hydrogen) atoms. The number of rotatable bonds is 4. The summed E-state index contributed by atoms with van der Waals surface area (Å²) in [6.45, 7) is -0.717. The Hall–Kier alpha value is -0.840. The number of halogens is 1. The maximum Gasteiger partial charge on any atom is 0.107 e. The van der Waals surface area contributed by atoms with E-state index in [1.165, 1.54) is 11.1 Å². The molecule has 0 radical (unpaired) electrons. The molecule has 0 amide bonds. The van der Waals surface area contributed by atoms with E-state index in [9.17, 15) is 9.50 Å². The van der Waals surface area contributed by atoms with Crippen molar-refractivity contribution in [1.29, 1.82) is 0 Å². The van der Waals surface area contributed by atoms with E-state index in [1.54, 1.807) is 0 Å². The number of thioether (sulfide) groups is 1. The fourth-order valence-electron chi connectivity index (χ4n) is 2.02. The summed E-state index contributed by atoms with van der Waals surface area (Å²) in [6.07, 6.45) is 2.39. The second kappa shape index (κ2) is 6.36. The van der Waals surface area contributed by atoms with E-state index in [-0.39, 0.29) is 0 Å². The number of allylic oxidation sites excluding steroid dienone is 1. The summed E-state index contributed by atoms with van der Waals surface area (Å²) in [7, 11) is 0. The largest absolute Gasteiger partial charge is 0.387 e. The maximum absolute atomic E-state index is 12.4. The number of nitrogens with two attached hydrogens (primary N) is 1. The average molecular weight is 267 g/mol. The summed E-state index contributed by atoms with van der Waals surface area (Å²) in [4.78, 5) is 0. The van der Waals surface area contributed by atoms with Crippen molar-refractivity contribution in [2.45, 2.75) is 18.6 Å². The molecular formula is C14H18FNOS. The molecule has 1 aromatic rings. The van der Waals surface area contributed by atoms with Crippen LogP contribution >= 0.6 is 11.8 Å². The van der Waals surface area contributed by atoms with Gasteiger partial charge in [-0.15, -0.1) is 0 Å². The van der Waals surface area contributed by atoms with Crippen LogP contribution in [0.25, 0.3) is 5.57 Å². The SMILES string of the molecule is N[C@H](CF)[C@H](O)c1ccc(C2=CCSCC2)cc1. The van der Waals surface area contributed by atoms with Crippen molar-refractivity contribution < 1.29 is 9.50 Å². The van der Waals surface area contributed by atoms with Gasteiger partial charge < -0.3 is 10.8 Å². The Morgan fingerprint density at radius 1 is 1.33 bits per heavy atom. The Morgan fingerprint density at radius 2 is 2.06 bits per heavy atom. The molecule has 2 nitrogen and oxygen atoms in total. The molecule has 4 heteroatoms. The summed E-state index contributed by atoms with van der Waals surface area (Å²) in [6, 6.07) is 6.77. The summed E-state index contributed by atoms with van der Waals surface area (Å²) in [5.41, 5.74) is 8.70. The van der Waals surface area contributed by atoms with Crippen LogP contribution in [-0.2, 0) is 0 Å². The van der Waals surface area contributed by atoms with Crippen LogP contribution in [0.3, 0.4) is 0 Å². The highest BCUT2D eigenvalue weighted by Gasteiger charge is 2.16. The van der Waals surface area contributed by atoms with Gasteiger partial charge in [0.1, 0.15) is 6.67 Å². The number of hydrogen-bond donors (Lipinski definition) is 2. The van der Waals surface area contributed by atoms with Crippen molar-refractivity contribution in [3.05, 3.63) is 41.5 Å². The van der Waals surface area contributed by atoms with Gasteiger partial charge >= 0.3 is 0 Å². The standard InChI is InChI=1S/C14H18FNOS/c15-9-13(16)14(17)12-3-1-10(2-4-12)11-5-7-18-8-6-11/h1-5,13-14,17H,6-9,16H2/t13-,14-/m1/s1. The van der Waals surface area contributed by atoms with Gasteiger partial charge in [-0.05, 0) is 28.9 Å². The lowest BCUT2D eigenvalue weighted by molar-refractivity contribution is 0.132. The summed E-state index contributed by atoms with van der Waals surface area (Å²) >= 11 is 1.93. The molecule has 0 aliphatic carbocycles. The zero-order valence-electron chi connectivity index (χ0n) is 10.2. The monoisotopic (exact) mass is 267 g/mol. The number of hydrogen-bond acceptors (Lipinski definition) is 3. The first-order chi connectivity index (χ1) is 8.72. The topological polar surface area (TPSA) is 46.2 Å². The van der Waals surface area contributed by atoms with Crippen LogP contribution < -0.4 is 5.73 Å². The van der Waals surface area contributed by atoms with E-state index in [0.717, 1.165) is 17.9 Å². The van der Waals surface area contributed by atoms with Crippen LogP contribution in [0.15, 0.2) is 30.3 Å². The third-order valence-corrected chi connectivity index (χ3v) is 4.07. The first-order valence-corrected chi connectivity index (χ1v) is 7.24. The van der Waals surface area contributed by atoms with Crippen molar-refractivity contribution in [2.24, 2.45) is 5.73 Å². The predicted octanol–water partition coefficient (Wildman–Crippen LogP) is 2.54. The lowest BCUT2D eigenvalue weighted by Crippen LogP contribution is -2.30. The van der Waals surface area contributed by atoms with Crippen LogP contribution in [0.4, 0.5) is 4.39 Å². The Balaban J connectivity index is 2.12. The molecule has 0 saturated carbocycles. The van der Waals surface area contributed by atoms with Crippen LogP contribution in [0.2, 0.25) is 0 Å². The van der Waals surface area contributed by atoms with Crippen molar-refractivity contribution in [2.75, 3.05) is 18.2 Å². The Bertz CT molecular complexity index is 418. The molecular weight excluding hydrogens is 249 g/mol. The first-order valence-electron chi connectivity index (χ1n) is 6.09. The molecule has 0 bridgehead atoms. The molecule has 3 N–H and O–H groups in total. The zero-order valence-corrected chi connectivity index (χ0v) is 11.0. The normalized spacial score (nSPS) is 19.2. The fourth-order valence-corrected chi connectivity index (χ4v) is 2.87. The third-order valence-electron chi connectivity index (χ3n) is 3.17. The number of aliphatic hydroxyl groups excluding tert-OH is 1. The molecule has 1 heterocycles. The molecule has 2 atom stereocenters. The average Bonchev–Trinajstić information content (AvgIpc) is 2.47. The van der Waals surface area contributed by atoms with E-state index in [1.807, 2.05) is 36.0 Å². The van der Waals surface area contributed by atoms with Gasteiger partial charge in [0, 0.05) is 5.75 Å². The molecule has 0 aromatic heterocycles. The van der Waals surface area contributed by atoms with Gasteiger partial charge in [-0.3, -0.25) is 0 Å². The van der Waals surface area contributed by atoms with E-state index < -0.39 is 18.8 Å². The molecule has 0 spiro atoms. The minimum Gasteiger partial charge on any atom is -0.387 e. The van der Waals surface area contributed by atoms with E-state index >= 15 is 0 Å². The summed E-state index contributed by atoms with van der Waals surface area (Å²) in [5.74, 6) is 2.22. The summed E-state index contributed by atoms with van der Waals surface area (Å²) in [5, 5.41) is 9.81. The molecule has 0 unspecified atom stereocenters. The highest BCUT2D eigenvalue weighted by molar-refractivity contribution is 7.99. The van der Waals surface area contributed by atoms with Crippen LogP contribution in [0.1, 0.15) is 23.7 Å². The number of aliphatic hydroxyl groups is 1. The second-order valence-electron chi connectivity index (χ2n) is 4.44. The predicted molar refractivity (Wildman–Crippen MR) is 75.3 cm³/mol. The number of benzene rings is 1.